The van der Waals surface area contributed by atoms with Gasteiger partial charge < -0.3 is 20.9 Å². The highest BCUT2D eigenvalue weighted by molar-refractivity contribution is 5.96. The Morgan fingerprint density at radius 3 is 2.53 bits per heavy atom. The molecule has 0 radical (unpaired) electrons. The molecule has 2 aromatic rings. The van der Waals surface area contributed by atoms with Gasteiger partial charge >= 0.3 is 6.18 Å². The van der Waals surface area contributed by atoms with Crippen molar-refractivity contribution in [2.75, 3.05) is 40.5 Å². The van der Waals surface area contributed by atoms with Gasteiger partial charge in [0.25, 0.3) is 0 Å². The molecule has 4 rings (SSSR count). The van der Waals surface area contributed by atoms with Crippen molar-refractivity contribution in [2.24, 2.45) is 5.92 Å². The monoisotopic (exact) mass is 418 g/mol. The lowest BCUT2D eigenvalue weighted by Gasteiger charge is -2.34. The van der Waals surface area contributed by atoms with Crippen LogP contribution in [0.3, 0.4) is 0 Å². The van der Waals surface area contributed by atoms with E-state index in [1.807, 2.05) is 48.2 Å². The largest absolute Gasteiger partial charge is 0.391 e. The topological polar surface area (TPSA) is 56.4 Å². The quantitative estimate of drug-likeness (QED) is 0.636. The molecule has 0 aromatic heterocycles. The number of amides is 1. The van der Waals surface area contributed by atoms with Gasteiger partial charge in [-0.1, -0.05) is 0 Å². The smallest absolute Gasteiger partial charge is 0.383 e. The fraction of sp³-hybridized carbons (Fsp3) is 0.409. The Bertz CT molecular complexity index is 936. The van der Waals surface area contributed by atoms with Crippen LogP contribution < -0.4 is 20.9 Å². The summed E-state index contributed by atoms with van der Waals surface area (Å²) in [6.45, 7) is 3.40. The molecule has 0 unspecified atom stereocenters. The Balaban J connectivity index is 1.44. The number of hydrogen-bond acceptors (Lipinski definition) is 4. The van der Waals surface area contributed by atoms with Crippen molar-refractivity contribution in [3.63, 3.8) is 0 Å². The number of nitrogens with one attached hydrogen (secondary N) is 3. The van der Waals surface area contributed by atoms with Crippen LogP contribution in [0.15, 0.2) is 36.4 Å². The van der Waals surface area contributed by atoms with Crippen LogP contribution in [-0.2, 0) is 4.79 Å². The number of fused-ring (bicyclic) bond motifs is 1. The van der Waals surface area contributed by atoms with E-state index in [1.54, 1.807) is 0 Å². The molecule has 0 aliphatic carbocycles. The van der Waals surface area contributed by atoms with Crippen molar-refractivity contribution < 1.29 is 18.0 Å². The Morgan fingerprint density at radius 1 is 1.07 bits per heavy atom. The van der Waals surface area contributed by atoms with Crippen molar-refractivity contribution in [1.82, 2.24) is 0 Å². The van der Waals surface area contributed by atoms with Crippen LogP contribution in [0, 0.1) is 12.8 Å². The lowest BCUT2D eigenvalue weighted by molar-refractivity contribution is -0.179. The molecule has 1 fully saturated rings. The molecule has 2 aliphatic rings. The molecule has 0 spiro atoms. The Morgan fingerprint density at radius 2 is 1.83 bits per heavy atom. The van der Waals surface area contributed by atoms with Gasteiger partial charge in [0.2, 0.25) is 5.91 Å². The molecule has 3 N–H and O–H groups in total. The predicted molar refractivity (Wildman–Crippen MR) is 114 cm³/mol. The van der Waals surface area contributed by atoms with Gasteiger partial charge in [0.15, 0.2) is 0 Å². The normalized spacial score (nSPS) is 17.6. The van der Waals surface area contributed by atoms with Gasteiger partial charge in [-0.05, 0) is 61.7 Å². The van der Waals surface area contributed by atoms with Gasteiger partial charge in [-0.3, -0.25) is 4.79 Å². The molecule has 1 amide bonds. The zero-order chi connectivity index (χ0) is 21.3. The average molecular weight is 418 g/mol. The summed E-state index contributed by atoms with van der Waals surface area (Å²) in [5.41, 5.74) is 5.41. The molecule has 0 atom stereocenters. The summed E-state index contributed by atoms with van der Waals surface area (Å²) in [7, 11) is 0. The molecule has 8 heteroatoms. The Kier molecular flexibility index (Phi) is 5.49. The zero-order valence-electron chi connectivity index (χ0n) is 16.8. The first-order valence-corrected chi connectivity index (χ1v) is 10.2. The van der Waals surface area contributed by atoms with Crippen LogP contribution in [0.5, 0.6) is 0 Å². The van der Waals surface area contributed by atoms with E-state index in [-0.39, 0.29) is 18.7 Å². The van der Waals surface area contributed by atoms with E-state index in [4.69, 9.17) is 0 Å². The fourth-order valence-electron chi connectivity index (χ4n) is 4.01. The molecule has 2 heterocycles. The lowest BCUT2D eigenvalue weighted by Crippen LogP contribution is -2.39. The summed E-state index contributed by atoms with van der Waals surface area (Å²) in [4.78, 5) is 13.7. The van der Waals surface area contributed by atoms with Crippen LogP contribution in [-0.4, -0.2) is 31.7 Å². The van der Waals surface area contributed by atoms with E-state index >= 15 is 0 Å². The summed E-state index contributed by atoms with van der Waals surface area (Å²) in [6, 6.07) is 11.6. The van der Waals surface area contributed by atoms with E-state index in [0.29, 0.717) is 26.1 Å². The van der Waals surface area contributed by atoms with Crippen molar-refractivity contribution in [2.45, 2.75) is 32.4 Å². The number of carbonyl (C=O) groups excluding carboxylic acids is 1. The van der Waals surface area contributed by atoms with Crippen LogP contribution in [0.4, 0.5) is 41.6 Å². The number of rotatable bonds is 3. The lowest BCUT2D eigenvalue weighted by atomic mass is 9.96. The summed E-state index contributed by atoms with van der Waals surface area (Å²) in [6.07, 6.45) is -3.39. The minimum absolute atomic E-state index is 0.00680. The number of piperidine rings is 1. The second kappa shape index (κ2) is 8.08. The minimum atomic E-state index is -4.10. The van der Waals surface area contributed by atoms with E-state index < -0.39 is 12.1 Å². The number of hydrogen-bond donors (Lipinski definition) is 3. The summed E-state index contributed by atoms with van der Waals surface area (Å²) in [5.74, 6) is -1.20. The predicted octanol–water partition coefficient (Wildman–Crippen LogP) is 5.27. The third kappa shape index (κ3) is 4.47. The maximum Gasteiger partial charge on any atom is 0.391 e. The average Bonchev–Trinajstić information content (AvgIpc) is 2.89. The summed E-state index contributed by atoms with van der Waals surface area (Å²) >= 11 is 0. The van der Waals surface area contributed by atoms with E-state index in [9.17, 15) is 18.0 Å². The maximum absolute atomic E-state index is 12.9. The van der Waals surface area contributed by atoms with Crippen LogP contribution in [0.1, 0.15) is 24.8 Å². The first-order chi connectivity index (χ1) is 14.3. The molecule has 5 nitrogen and oxygen atoms in total. The SMILES string of the molecule is Cc1cc(N2CCC(C(F)(F)F)CC2)ccc1Nc1ccc2c(c1)NCCC(=O)N2. The third-order valence-electron chi connectivity index (χ3n) is 5.77. The highest BCUT2D eigenvalue weighted by Crippen LogP contribution is 2.36. The van der Waals surface area contributed by atoms with Gasteiger partial charge in [-0.15, -0.1) is 0 Å². The number of benzene rings is 2. The van der Waals surface area contributed by atoms with Gasteiger partial charge in [-0.25, -0.2) is 0 Å². The van der Waals surface area contributed by atoms with Crippen molar-refractivity contribution >= 4 is 34.3 Å². The fourth-order valence-corrected chi connectivity index (χ4v) is 4.01. The standard InChI is InChI=1S/C22H25F3N4O/c1-14-12-17(29-10-7-15(8-11-29)22(23,24)25)3-5-18(14)27-16-2-4-19-20(13-16)26-9-6-21(30)28-19/h2-5,12-13,15,26-27H,6-11H2,1H3,(H,28,30). The van der Waals surface area contributed by atoms with Crippen molar-refractivity contribution in [3.8, 4) is 0 Å². The highest BCUT2D eigenvalue weighted by atomic mass is 19.4. The number of anilines is 5. The second-order valence-electron chi connectivity index (χ2n) is 7.91. The number of halogens is 3. The number of nitrogens with zero attached hydrogens (tertiary/aromatic N) is 1. The van der Waals surface area contributed by atoms with Crippen LogP contribution in [0.25, 0.3) is 0 Å². The summed E-state index contributed by atoms with van der Waals surface area (Å²) < 4.78 is 38.7. The molecule has 1 saturated heterocycles. The molecule has 160 valence electrons. The molecule has 2 aromatic carbocycles. The third-order valence-corrected chi connectivity index (χ3v) is 5.77. The van der Waals surface area contributed by atoms with Gasteiger partial charge in [0, 0.05) is 43.1 Å². The van der Waals surface area contributed by atoms with E-state index in [1.165, 1.54) is 0 Å². The Labute approximate surface area is 173 Å². The minimum Gasteiger partial charge on any atom is -0.383 e. The number of carbonyl (C=O) groups is 1. The van der Waals surface area contributed by atoms with Gasteiger partial charge in [0.05, 0.1) is 17.3 Å². The molecule has 30 heavy (non-hydrogen) atoms. The molecule has 0 bridgehead atoms. The zero-order valence-corrected chi connectivity index (χ0v) is 16.8. The van der Waals surface area contributed by atoms with Crippen molar-refractivity contribution in [3.05, 3.63) is 42.0 Å². The number of aryl methyl sites for hydroxylation is 1. The maximum atomic E-state index is 12.9. The molecule has 0 saturated carbocycles. The van der Waals surface area contributed by atoms with Gasteiger partial charge in [0.1, 0.15) is 0 Å². The first-order valence-electron chi connectivity index (χ1n) is 10.2. The van der Waals surface area contributed by atoms with E-state index in [2.05, 4.69) is 16.0 Å². The molecular weight excluding hydrogens is 393 g/mol. The van der Waals surface area contributed by atoms with Gasteiger partial charge in [-0.2, -0.15) is 13.2 Å². The first kappa shape index (κ1) is 20.4. The summed E-state index contributed by atoms with van der Waals surface area (Å²) in [5, 5.41) is 9.52. The number of alkyl halides is 3. The molecule has 2 aliphatic heterocycles. The highest BCUT2D eigenvalue weighted by Gasteiger charge is 2.41. The second-order valence-corrected chi connectivity index (χ2v) is 7.91. The van der Waals surface area contributed by atoms with Crippen LogP contribution in [0.2, 0.25) is 0 Å². The van der Waals surface area contributed by atoms with E-state index in [0.717, 1.165) is 34.0 Å². The Hall–Kier alpha value is -2.90. The van der Waals surface area contributed by atoms with Crippen molar-refractivity contribution in [1.29, 1.82) is 0 Å². The molecular formula is C22H25F3N4O. The van der Waals surface area contributed by atoms with Crippen LogP contribution >= 0.6 is 0 Å².